The van der Waals surface area contributed by atoms with Crippen LogP contribution in [0, 0.1) is 0 Å². The van der Waals surface area contributed by atoms with Crippen LogP contribution in [0.1, 0.15) is 15.9 Å². The minimum Gasteiger partial charge on any atom is -0.497 e. The Morgan fingerprint density at radius 2 is 1.65 bits per heavy atom. The number of aromatic nitrogens is 1. The van der Waals surface area contributed by atoms with Gasteiger partial charge in [0.05, 0.1) is 26.8 Å². The van der Waals surface area contributed by atoms with Gasteiger partial charge in [-0.25, -0.2) is 4.79 Å². The van der Waals surface area contributed by atoms with Gasteiger partial charge in [0.25, 0.3) is 0 Å². The number of hydrogen-bond donors (Lipinski definition) is 1. The second-order valence-corrected chi connectivity index (χ2v) is 5.99. The quantitative estimate of drug-likeness (QED) is 0.703. The lowest BCUT2D eigenvalue weighted by Gasteiger charge is -2.11. The molecule has 0 aliphatic carbocycles. The summed E-state index contributed by atoms with van der Waals surface area (Å²) in [5, 5.41) is 10.3. The first-order valence-corrected chi connectivity index (χ1v) is 8.17. The summed E-state index contributed by atoms with van der Waals surface area (Å²) < 4.78 is 17.5. The molecular weight excluding hydrogens is 358 g/mol. The molecule has 0 radical (unpaired) electrons. The molecule has 0 aliphatic heterocycles. The molecule has 1 heterocycles. The van der Waals surface area contributed by atoms with Gasteiger partial charge in [-0.2, -0.15) is 0 Å². The van der Waals surface area contributed by atoms with Crippen LogP contribution in [0.25, 0.3) is 10.9 Å². The molecule has 0 saturated heterocycles. The molecular formula is C19H18ClNO5. The Morgan fingerprint density at radius 1 is 1.04 bits per heavy atom. The molecule has 136 valence electrons. The van der Waals surface area contributed by atoms with Crippen LogP contribution in [-0.4, -0.2) is 37.0 Å². The number of carboxylic acids is 1. The van der Waals surface area contributed by atoms with Crippen LogP contribution >= 0.6 is 11.6 Å². The number of hydrogen-bond acceptors (Lipinski definition) is 4. The average molecular weight is 376 g/mol. The third-order valence-electron chi connectivity index (χ3n) is 4.22. The number of carboxylic acid groups (broad SMARTS) is 1. The van der Waals surface area contributed by atoms with Crippen LogP contribution in [-0.2, 0) is 6.54 Å². The van der Waals surface area contributed by atoms with Gasteiger partial charge < -0.3 is 23.9 Å². The molecule has 0 amide bonds. The summed E-state index contributed by atoms with van der Waals surface area (Å²) in [6.45, 7) is 0.405. The lowest BCUT2D eigenvalue weighted by atomic mass is 10.1. The molecule has 0 fully saturated rings. The molecule has 26 heavy (non-hydrogen) atoms. The minimum atomic E-state index is -1.10. The van der Waals surface area contributed by atoms with Crippen molar-refractivity contribution in [3.05, 3.63) is 52.7 Å². The number of ether oxygens (including phenoxy) is 3. The summed E-state index contributed by atoms with van der Waals surface area (Å²) in [5.74, 6) is 0.596. The van der Waals surface area contributed by atoms with Gasteiger partial charge in [0.15, 0.2) is 11.5 Å². The molecule has 7 heteroatoms. The van der Waals surface area contributed by atoms with Crippen molar-refractivity contribution < 1.29 is 24.1 Å². The number of carbonyl (C=O) groups is 1. The first-order valence-electron chi connectivity index (χ1n) is 7.80. The fourth-order valence-corrected chi connectivity index (χ4v) is 3.25. The second-order valence-electron chi connectivity index (χ2n) is 5.63. The topological polar surface area (TPSA) is 69.9 Å². The maximum Gasteiger partial charge on any atom is 0.339 e. The van der Waals surface area contributed by atoms with Crippen LogP contribution < -0.4 is 14.2 Å². The normalized spacial score (nSPS) is 10.8. The number of methoxy groups -OCH3 is 3. The molecule has 0 aliphatic rings. The molecule has 0 unspecified atom stereocenters. The monoisotopic (exact) mass is 375 g/mol. The van der Waals surface area contributed by atoms with E-state index in [9.17, 15) is 9.90 Å². The Hall–Kier alpha value is -2.86. The van der Waals surface area contributed by atoms with Crippen LogP contribution in [0.15, 0.2) is 36.4 Å². The van der Waals surface area contributed by atoms with Crippen molar-refractivity contribution in [1.29, 1.82) is 0 Å². The third kappa shape index (κ3) is 3.04. The minimum absolute atomic E-state index is 0.0381. The number of nitrogens with zero attached hydrogens (tertiary/aromatic N) is 1. The van der Waals surface area contributed by atoms with Gasteiger partial charge in [0, 0.05) is 18.0 Å². The zero-order valence-electron chi connectivity index (χ0n) is 14.6. The van der Waals surface area contributed by atoms with E-state index in [1.54, 1.807) is 23.8 Å². The van der Waals surface area contributed by atoms with E-state index in [2.05, 4.69) is 0 Å². The Morgan fingerprint density at radius 3 is 2.19 bits per heavy atom. The number of halogens is 1. The maximum absolute atomic E-state index is 11.8. The van der Waals surface area contributed by atoms with Crippen molar-refractivity contribution >= 4 is 28.5 Å². The molecule has 0 bridgehead atoms. The lowest BCUT2D eigenvalue weighted by molar-refractivity contribution is 0.0699. The van der Waals surface area contributed by atoms with E-state index >= 15 is 0 Å². The predicted octanol–water partition coefficient (Wildman–Crippen LogP) is 4.07. The summed E-state index contributed by atoms with van der Waals surface area (Å²) in [4.78, 5) is 11.8. The summed E-state index contributed by atoms with van der Waals surface area (Å²) >= 11 is 6.42. The summed E-state index contributed by atoms with van der Waals surface area (Å²) in [6, 6.07) is 10.9. The van der Waals surface area contributed by atoms with Crippen molar-refractivity contribution in [2.24, 2.45) is 0 Å². The molecule has 1 N–H and O–H groups in total. The highest BCUT2D eigenvalue weighted by atomic mass is 35.5. The molecule has 3 aromatic rings. The van der Waals surface area contributed by atoms with Crippen molar-refractivity contribution in [2.75, 3.05) is 21.3 Å². The predicted molar refractivity (Wildman–Crippen MR) is 99.1 cm³/mol. The number of fused-ring (bicyclic) bond motifs is 1. The molecule has 0 spiro atoms. The van der Waals surface area contributed by atoms with Gasteiger partial charge in [0.1, 0.15) is 16.5 Å². The fourth-order valence-electron chi connectivity index (χ4n) is 2.92. The van der Waals surface area contributed by atoms with Gasteiger partial charge >= 0.3 is 5.97 Å². The summed E-state index contributed by atoms with van der Waals surface area (Å²) in [6.07, 6.45) is 0. The molecule has 2 aromatic carbocycles. The Kier molecular flexibility index (Phi) is 4.95. The number of rotatable bonds is 6. The fraction of sp³-hybridized carbons (Fsp3) is 0.211. The summed E-state index contributed by atoms with van der Waals surface area (Å²) in [5.41, 5.74) is 1.65. The van der Waals surface area contributed by atoms with E-state index in [1.165, 1.54) is 14.2 Å². The van der Waals surface area contributed by atoms with Gasteiger partial charge in [0.2, 0.25) is 0 Å². The Bertz CT molecular complexity index is 962. The Labute approximate surface area is 155 Å². The van der Waals surface area contributed by atoms with Crippen LogP contribution in [0.2, 0.25) is 5.15 Å². The standard InChI is InChI=1S/C19H18ClNO5/c1-24-12-6-4-11(5-7-12)10-21-14-9-16(26-3)15(25-2)8-13(14)17(18(21)20)19(22)23/h4-9H,10H2,1-3H3,(H,22,23). The smallest absolute Gasteiger partial charge is 0.339 e. The highest BCUT2D eigenvalue weighted by Crippen LogP contribution is 2.38. The van der Waals surface area contributed by atoms with E-state index in [0.29, 0.717) is 28.9 Å². The first-order chi connectivity index (χ1) is 12.5. The highest BCUT2D eigenvalue weighted by Gasteiger charge is 2.23. The van der Waals surface area contributed by atoms with Crippen molar-refractivity contribution in [3.63, 3.8) is 0 Å². The first kappa shape index (κ1) is 17.9. The van der Waals surface area contributed by atoms with Gasteiger partial charge in [-0.3, -0.25) is 0 Å². The van der Waals surface area contributed by atoms with Crippen molar-refractivity contribution in [1.82, 2.24) is 4.57 Å². The zero-order valence-corrected chi connectivity index (χ0v) is 15.3. The van der Waals surface area contributed by atoms with Gasteiger partial charge in [-0.1, -0.05) is 23.7 Å². The third-order valence-corrected chi connectivity index (χ3v) is 4.61. The maximum atomic E-state index is 11.8. The van der Waals surface area contributed by atoms with E-state index in [4.69, 9.17) is 25.8 Å². The SMILES string of the molecule is COc1ccc(Cn2c(Cl)c(C(=O)O)c3cc(OC)c(OC)cc32)cc1. The second kappa shape index (κ2) is 7.17. The summed E-state index contributed by atoms with van der Waals surface area (Å²) in [7, 11) is 4.63. The van der Waals surface area contributed by atoms with E-state index < -0.39 is 5.97 Å². The Balaban J connectivity index is 2.19. The molecule has 0 atom stereocenters. The molecule has 3 rings (SSSR count). The van der Waals surface area contributed by atoms with Gasteiger partial charge in [-0.15, -0.1) is 0 Å². The molecule has 6 nitrogen and oxygen atoms in total. The van der Waals surface area contributed by atoms with Crippen molar-refractivity contribution in [3.8, 4) is 17.2 Å². The average Bonchev–Trinajstić information content (AvgIpc) is 2.92. The largest absolute Gasteiger partial charge is 0.497 e. The number of benzene rings is 2. The van der Waals surface area contributed by atoms with E-state index in [0.717, 1.165) is 11.3 Å². The van der Waals surface area contributed by atoms with Crippen LogP contribution in [0.3, 0.4) is 0 Å². The van der Waals surface area contributed by atoms with Crippen LogP contribution in [0.4, 0.5) is 0 Å². The molecule has 1 aromatic heterocycles. The zero-order chi connectivity index (χ0) is 18.8. The number of aromatic carboxylic acids is 1. The lowest BCUT2D eigenvalue weighted by Crippen LogP contribution is -2.02. The van der Waals surface area contributed by atoms with E-state index in [1.807, 2.05) is 24.3 Å². The van der Waals surface area contributed by atoms with E-state index in [-0.39, 0.29) is 10.7 Å². The van der Waals surface area contributed by atoms with Crippen LogP contribution in [0.5, 0.6) is 17.2 Å². The molecule has 0 saturated carbocycles. The van der Waals surface area contributed by atoms with Gasteiger partial charge in [-0.05, 0) is 23.8 Å². The highest BCUT2D eigenvalue weighted by molar-refractivity contribution is 6.35. The van der Waals surface area contributed by atoms with Crippen molar-refractivity contribution in [2.45, 2.75) is 6.54 Å².